The molecule has 3 unspecified atom stereocenters. The molecule has 8 nitrogen and oxygen atoms in total. The predicted molar refractivity (Wildman–Crippen MR) is 161 cm³/mol. The number of aliphatic hydroxyl groups excluding tert-OH is 2. The third-order valence-electron chi connectivity index (χ3n) is 6.35. The van der Waals surface area contributed by atoms with E-state index in [0.29, 0.717) is 22.2 Å². The average Bonchev–Trinajstić information content (AvgIpc) is 3.62. The van der Waals surface area contributed by atoms with Crippen molar-refractivity contribution in [2.45, 2.75) is 66.2 Å². The maximum absolute atomic E-state index is 10.6. The van der Waals surface area contributed by atoms with E-state index in [9.17, 15) is 10.2 Å². The lowest BCUT2D eigenvalue weighted by Crippen LogP contribution is -2.37. The Morgan fingerprint density at radius 2 is 1.35 bits per heavy atom. The van der Waals surface area contributed by atoms with Crippen LogP contribution in [-0.4, -0.2) is 51.9 Å². The van der Waals surface area contributed by atoms with Gasteiger partial charge in [0.25, 0.3) is 0 Å². The Kier molecular flexibility index (Phi) is 10.7. The molecule has 214 valence electrons. The van der Waals surface area contributed by atoms with Crippen LogP contribution in [0.3, 0.4) is 0 Å². The number of aromatic nitrogens is 6. The largest absolute Gasteiger partial charge is 0.390 e. The van der Waals surface area contributed by atoms with Crippen molar-refractivity contribution >= 4 is 35.0 Å². The second-order valence-corrected chi connectivity index (χ2v) is 12.7. The van der Waals surface area contributed by atoms with Crippen molar-refractivity contribution in [3.05, 3.63) is 95.0 Å². The molecule has 0 bridgehead atoms. The van der Waals surface area contributed by atoms with E-state index in [1.807, 2.05) is 96.1 Å². The SMILES string of the molecule is CC(C)(C)C(O)/C(=C/c1ccc(Cl)cc1)n1cncn1.CC(C)(C)C(O)C(Cc1ccc(Cl)cc1)n1cncn1. The van der Waals surface area contributed by atoms with Crippen LogP contribution in [0.4, 0.5) is 0 Å². The minimum atomic E-state index is -0.667. The summed E-state index contributed by atoms with van der Waals surface area (Å²) in [5.41, 5.74) is 2.20. The highest BCUT2D eigenvalue weighted by molar-refractivity contribution is 6.30. The molecule has 0 amide bonds. The number of rotatable bonds is 7. The van der Waals surface area contributed by atoms with E-state index in [4.69, 9.17) is 23.2 Å². The molecule has 2 heterocycles. The van der Waals surface area contributed by atoms with Crippen molar-refractivity contribution in [2.75, 3.05) is 0 Å². The topological polar surface area (TPSA) is 102 Å². The smallest absolute Gasteiger partial charge is 0.138 e. The standard InChI is InChI=1S/C15H20ClN3O.C15H18ClN3O/c2*1-15(2,3)14(20)13(19-10-17-9-18-19)8-11-4-6-12(16)7-5-11/h4-7,9-10,13-14,20H,8H2,1-3H3;4-10,14,20H,1-3H3/b;13-8-. The summed E-state index contributed by atoms with van der Waals surface area (Å²) in [4.78, 5) is 7.92. The van der Waals surface area contributed by atoms with Crippen LogP contribution in [0.2, 0.25) is 10.0 Å². The molecule has 0 fully saturated rings. The number of hydrogen-bond donors (Lipinski definition) is 2. The maximum atomic E-state index is 10.6. The highest BCUT2D eigenvalue weighted by atomic mass is 35.5. The summed E-state index contributed by atoms with van der Waals surface area (Å²) in [6.45, 7) is 12.0. The van der Waals surface area contributed by atoms with Gasteiger partial charge in [0.1, 0.15) is 31.4 Å². The number of nitrogens with zero attached hydrogens (tertiary/aromatic N) is 6. The van der Waals surface area contributed by atoms with Crippen molar-refractivity contribution in [1.29, 1.82) is 0 Å². The fourth-order valence-electron chi connectivity index (χ4n) is 3.96. The summed E-state index contributed by atoms with van der Waals surface area (Å²) >= 11 is 11.8. The van der Waals surface area contributed by atoms with Gasteiger partial charge in [-0.3, -0.25) is 0 Å². The average molecular weight is 586 g/mol. The fourth-order valence-corrected chi connectivity index (χ4v) is 4.21. The quantitative estimate of drug-likeness (QED) is 0.258. The molecule has 0 aliphatic carbocycles. The van der Waals surface area contributed by atoms with Crippen molar-refractivity contribution in [2.24, 2.45) is 10.8 Å². The van der Waals surface area contributed by atoms with Crippen LogP contribution in [-0.2, 0) is 6.42 Å². The van der Waals surface area contributed by atoms with Crippen LogP contribution >= 0.6 is 23.2 Å². The number of halogens is 2. The van der Waals surface area contributed by atoms with E-state index in [1.165, 1.54) is 12.7 Å². The summed E-state index contributed by atoms with van der Waals surface area (Å²) in [5.74, 6) is 0. The van der Waals surface area contributed by atoms with Gasteiger partial charge in [-0.15, -0.1) is 0 Å². The van der Waals surface area contributed by atoms with Gasteiger partial charge in [0.05, 0.1) is 17.8 Å². The van der Waals surface area contributed by atoms with Gasteiger partial charge < -0.3 is 10.2 Å². The van der Waals surface area contributed by atoms with Gasteiger partial charge in [-0.05, 0) is 58.7 Å². The predicted octanol–water partition coefficient (Wildman–Crippen LogP) is 6.46. The van der Waals surface area contributed by atoms with Crippen LogP contribution in [0.1, 0.15) is 58.7 Å². The van der Waals surface area contributed by atoms with Crippen molar-refractivity contribution < 1.29 is 10.2 Å². The third-order valence-corrected chi connectivity index (χ3v) is 6.86. The van der Waals surface area contributed by atoms with Crippen LogP contribution < -0.4 is 0 Å². The van der Waals surface area contributed by atoms with Crippen molar-refractivity contribution in [1.82, 2.24) is 29.5 Å². The Bertz CT molecular complexity index is 1330. The van der Waals surface area contributed by atoms with Gasteiger partial charge in [0.2, 0.25) is 0 Å². The molecule has 0 spiro atoms. The molecular formula is C30H38Cl2N6O2. The summed E-state index contributed by atoms with van der Waals surface area (Å²) in [6.07, 6.45) is 7.54. The summed E-state index contributed by atoms with van der Waals surface area (Å²) in [7, 11) is 0. The zero-order valence-electron chi connectivity index (χ0n) is 23.8. The number of benzene rings is 2. The van der Waals surface area contributed by atoms with E-state index in [0.717, 1.165) is 11.1 Å². The maximum Gasteiger partial charge on any atom is 0.138 e. The first-order chi connectivity index (χ1) is 18.8. The Labute approximate surface area is 246 Å². The molecule has 2 aromatic carbocycles. The van der Waals surface area contributed by atoms with E-state index in [2.05, 4.69) is 20.2 Å². The van der Waals surface area contributed by atoms with Gasteiger partial charge in [0, 0.05) is 10.0 Å². The fraction of sp³-hybridized carbons (Fsp3) is 0.400. The van der Waals surface area contributed by atoms with Crippen LogP contribution in [0.5, 0.6) is 0 Å². The van der Waals surface area contributed by atoms with Gasteiger partial charge in [-0.2, -0.15) is 10.2 Å². The van der Waals surface area contributed by atoms with Crippen LogP contribution in [0, 0.1) is 10.8 Å². The van der Waals surface area contributed by atoms with E-state index in [1.54, 1.807) is 22.0 Å². The Morgan fingerprint density at radius 1 is 0.800 bits per heavy atom. The van der Waals surface area contributed by atoms with Gasteiger partial charge in [-0.25, -0.2) is 19.3 Å². The zero-order chi connectivity index (χ0) is 29.5. The molecule has 0 aliphatic rings. The van der Waals surface area contributed by atoms with E-state index in [-0.39, 0.29) is 16.9 Å². The van der Waals surface area contributed by atoms with Gasteiger partial charge in [-0.1, -0.05) is 89.0 Å². The molecule has 0 radical (unpaired) electrons. The van der Waals surface area contributed by atoms with E-state index >= 15 is 0 Å². The molecule has 0 saturated carbocycles. The lowest BCUT2D eigenvalue weighted by molar-refractivity contribution is 0.0124. The highest BCUT2D eigenvalue weighted by Crippen LogP contribution is 2.31. The van der Waals surface area contributed by atoms with E-state index < -0.39 is 12.2 Å². The normalized spacial score (nSPS) is 14.7. The Balaban J connectivity index is 0.000000220. The van der Waals surface area contributed by atoms with Crippen LogP contribution in [0.15, 0.2) is 73.8 Å². The monoisotopic (exact) mass is 584 g/mol. The minimum Gasteiger partial charge on any atom is -0.390 e. The zero-order valence-corrected chi connectivity index (χ0v) is 25.3. The molecule has 3 atom stereocenters. The summed E-state index contributed by atoms with van der Waals surface area (Å²) in [6, 6.07) is 14.9. The first-order valence-corrected chi connectivity index (χ1v) is 13.8. The van der Waals surface area contributed by atoms with Crippen molar-refractivity contribution in [3.63, 3.8) is 0 Å². The van der Waals surface area contributed by atoms with Gasteiger partial charge in [0.15, 0.2) is 0 Å². The molecule has 0 saturated heterocycles. The van der Waals surface area contributed by atoms with Crippen LogP contribution in [0.25, 0.3) is 11.8 Å². The van der Waals surface area contributed by atoms with Gasteiger partial charge >= 0.3 is 0 Å². The molecular weight excluding hydrogens is 547 g/mol. The molecule has 40 heavy (non-hydrogen) atoms. The third kappa shape index (κ3) is 8.99. The lowest BCUT2D eigenvalue weighted by atomic mass is 9.82. The lowest BCUT2D eigenvalue weighted by Gasteiger charge is -2.33. The Hall–Kier alpha value is -3.04. The molecule has 2 N–H and O–H groups in total. The highest BCUT2D eigenvalue weighted by Gasteiger charge is 2.32. The van der Waals surface area contributed by atoms with Crippen molar-refractivity contribution in [3.8, 4) is 0 Å². The summed E-state index contributed by atoms with van der Waals surface area (Å²) < 4.78 is 3.31. The molecule has 10 heteroatoms. The first kappa shape index (κ1) is 31.5. The molecule has 4 aromatic rings. The Morgan fingerprint density at radius 3 is 1.82 bits per heavy atom. The summed E-state index contributed by atoms with van der Waals surface area (Å²) in [5, 5.41) is 30.9. The minimum absolute atomic E-state index is 0.154. The molecule has 2 aromatic heterocycles. The number of hydrogen-bond acceptors (Lipinski definition) is 6. The second kappa shape index (κ2) is 13.5. The first-order valence-electron chi connectivity index (χ1n) is 13.0. The number of aliphatic hydroxyl groups is 2. The molecule has 4 rings (SSSR count). The molecule has 0 aliphatic heterocycles. The second-order valence-electron chi connectivity index (χ2n) is 11.8.